The van der Waals surface area contributed by atoms with Crippen LogP contribution >= 0.6 is 23.2 Å². The number of benzene rings is 1. The molecule has 0 N–H and O–H groups in total. The van der Waals surface area contributed by atoms with E-state index in [1.807, 2.05) is 18.4 Å². The molecule has 1 aromatic carbocycles. The first-order chi connectivity index (χ1) is 11.8. The molecule has 3 nitrogen and oxygen atoms in total. The van der Waals surface area contributed by atoms with E-state index in [0.717, 1.165) is 28.2 Å². The zero-order chi connectivity index (χ0) is 18.5. The zero-order valence-corrected chi connectivity index (χ0v) is 16.5. The second-order valence-corrected chi connectivity index (χ2v) is 7.22. The van der Waals surface area contributed by atoms with Gasteiger partial charge in [0.05, 0.1) is 22.2 Å². The first kappa shape index (κ1) is 18.0. The molecule has 0 amide bonds. The highest BCUT2D eigenvalue weighted by molar-refractivity contribution is 6.38. The fraction of sp³-hybridized carbons (Fsp3) is 0.300. The van der Waals surface area contributed by atoms with Crippen molar-refractivity contribution in [2.45, 2.75) is 34.6 Å². The van der Waals surface area contributed by atoms with Gasteiger partial charge in [0.25, 0.3) is 0 Å². The molecule has 0 bridgehead atoms. The van der Waals surface area contributed by atoms with Crippen LogP contribution in [0.25, 0.3) is 16.7 Å². The fourth-order valence-corrected chi connectivity index (χ4v) is 4.14. The first-order valence-electron chi connectivity index (χ1n) is 8.11. The van der Waals surface area contributed by atoms with Crippen LogP contribution in [0, 0.1) is 34.6 Å². The first-order valence-corrected chi connectivity index (χ1v) is 9.03. The normalized spacial score (nSPS) is 11.3. The molecule has 0 saturated heterocycles. The Hall–Kier alpha value is -1.84. The predicted octanol–water partition coefficient (Wildman–Crippen LogP) is 5.64. The third-order valence-electron chi connectivity index (χ3n) is 4.50. The maximum absolute atomic E-state index is 12.5. The number of aromatic nitrogens is 2. The molecule has 5 heteroatoms. The minimum atomic E-state index is -0.141. The van der Waals surface area contributed by atoms with Crippen molar-refractivity contribution >= 4 is 40.0 Å². The van der Waals surface area contributed by atoms with E-state index in [0.29, 0.717) is 21.6 Å². The van der Waals surface area contributed by atoms with Gasteiger partial charge < -0.3 is 0 Å². The molecule has 0 saturated carbocycles. The number of carbonyl (C=O) groups excluding carboxylic acids is 1. The Labute approximate surface area is 157 Å². The van der Waals surface area contributed by atoms with Crippen molar-refractivity contribution in [2.75, 3.05) is 5.88 Å². The summed E-state index contributed by atoms with van der Waals surface area (Å²) < 4.78 is 2.04. The molecule has 2 aromatic heterocycles. The average Bonchev–Trinajstić information content (AvgIpc) is 2.79. The number of Topliss-reactive ketones (excluding diaryl/α,β-unsaturated/α-hetero) is 1. The number of hydrogen-bond acceptors (Lipinski definition) is 2. The number of fused-ring (bicyclic) bond motifs is 1. The monoisotopic (exact) mass is 374 g/mol. The van der Waals surface area contributed by atoms with Gasteiger partial charge in [-0.1, -0.05) is 29.3 Å². The number of hydrogen-bond donors (Lipinski definition) is 0. The number of halogens is 2. The average molecular weight is 375 g/mol. The second kappa shape index (κ2) is 6.47. The molecule has 0 unspecified atom stereocenters. The van der Waals surface area contributed by atoms with E-state index in [1.54, 1.807) is 6.07 Å². The molecular weight excluding hydrogens is 355 g/mol. The van der Waals surface area contributed by atoms with Crippen molar-refractivity contribution in [3.8, 4) is 5.69 Å². The Morgan fingerprint density at radius 2 is 1.68 bits per heavy atom. The fourth-order valence-electron chi connectivity index (χ4n) is 3.67. The molecule has 0 fully saturated rings. The molecule has 0 atom stereocenters. The van der Waals surface area contributed by atoms with Gasteiger partial charge in [-0.3, -0.25) is 9.36 Å². The summed E-state index contributed by atoms with van der Waals surface area (Å²) in [6.45, 7) is 10.0. The number of ketones is 1. The lowest BCUT2D eigenvalue weighted by molar-refractivity contribution is 0.102. The highest BCUT2D eigenvalue weighted by Crippen LogP contribution is 2.36. The number of nitrogens with zero attached hydrogens (tertiary/aromatic N) is 2. The molecule has 3 aromatic rings. The van der Waals surface area contributed by atoms with Crippen LogP contribution in [-0.2, 0) is 0 Å². The van der Waals surface area contributed by atoms with Crippen LogP contribution in [0.4, 0.5) is 0 Å². The SMILES string of the molecule is Cc1cc(C)c(-n2c(C)c(C(=O)CCl)c3c(Cl)cc(C)nc32)c(C)c1. The van der Waals surface area contributed by atoms with Crippen molar-refractivity contribution in [1.82, 2.24) is 9.55 Å². The topological polar surface area (TPSA) is 34.9 Å². The molecule has 130 valence electrons. The molecule has 0 aliphatic heterocycles. The Bertz CT molecular complexity index is 995. The number of carbonyl (C=O) groups is 1. The smallest absolute Gasteiger partial charge is 0.180 e. The summed E-state index contributed by atoms with van der Waals surface area (Å²) in [6.07, 6.45) is 0. The molecule has 0 aliphatic rings. The predicted molar refractivity (Wildman–Crippen MR) is 105 cm³/mol. The van der Waals surface area contributed by atoms with Crippen LogP contribution in [0.3, 0.4) is 0 Å². The lowest BCUT2D eigenvalue weighted by Gasteiger charge is -2.16. The van der Waals surface area contributed by atoms with Crippen LogP contribution in [0.5, 0.6) is 0 Å². The third-order valence-corrected chi connectivity index (χ3v) is 5.04. The van der Waals surface area contributed by atoms with Gasteiger partial charge >= 0.3 is 0 Å². The lowest BCUT2D eigenvalue weighted by atomic mass is 10.0. The molecule has 0 spiro atoms. The number of rotatable bonds is 3. The van der Waals surface area contributed by atoms with Crippen LogP contribution in [0.2, 0.25) is 5.02 Å². The summed E-state index contributed by atoms with van der Waals surface area (Å²) in [5.74, 6) is -0.228. The number of aryl methyl sites for hydroxylation is 4. The summed E-state index contributed by atoms with van der Waals surface area (Å²) in [6, 6.07) is 6.05. The largest absolute Gasteiger partial charge is 0.297 e. The maximum atomic E-state index is 12.5. The molecular formula is C20H20Cl2N2O. The van der Waals surface area contributed by atoms with Crippen molar-refractivity contribution in [2.24, 2.45) is 0 Å². The summed E-state index contributed by atoms with van der Waals surface area (Å²) >= 11 is 12.4. The summed E-state index contributed by atoms with van der Waals surface area (Å²) in [4.78, 5) is 17.2. The van der Waals surface area contributed by atoms with Gasteiger partial charge in [0.15, 0.2) is 5.78 Å². The molecule has 3 rings (SSSR count). The van der Waals surface area contributed by atoms with Gasteiger partial charge in [-0.25, -0.2) is 4.98 Å². The van der Waals surface area contributed by atoms with Crippen molar-refractivity contribution in [3.63, 3.8) is 0 Å². The van der Waals surface area contributed by atoms with Gasteiger partial charge in [-0.05, 0) is 51.8 Å². The van der Waals surface area contributed by atoms with Crippen LogP contribution in [-0.4, -0.2) is 21.2 Å². The quantitative estimate of drug-likeness (QED) is 0.438. The lowest BCUT2D eigenvalue weighted by Crippen LogP contribution is -2.06. The standard InChI is InChI=1S/C20H20Cl2N2O/c1-10-6-11(2)19(12(3)7-10)24-14(5)17(16(25)9-21)18-15(22)8-13(4)23-20(18)24/h6-8H,9H2,1-5H3. The van der Waals surface area contributed by atoms with E-state index in [1.165, 1.54) is 5.56 Å². The van der Waals surface area contributed by atoms with Crippen LogP contribution in [0.15, 0.2) is 18.2 Å². The van der Waals surface area contributed by atoms with Gasteiger partial charge in [-0.15, -0.1) is 11.6 Å². The minimum absolute atomic E-state index is 0.0873. The molecule has 2 heterocycles. The minimum Gasteiger partial charge on any atom is -0.297 e. The second-order valence-electron chi connectivity index (χ2n) is 6.54. The van der Waals surface area contributed by atoms with Crippen molar-refractivity contribution in [3.05, 3.63) is 56.9 Å². The number of alkyl halides is 1. The highest BCUT2D eigenvalue weighted by atomic mass is 35.5. The Morgan fingerprint density at radius 3 is 2.24 bits per heavy atom. The summed E-state index contributed by atoms with van der Waals surface area (Å²) in [5.41, 5.74) is 7.37. The molecule has 0 radical (unpaired) electrons. The Morgan fingerprint density at radius 1 is 1.08 bits per heavy atom. The van der Waals surface area contributed by atoms with E-state index >= 15 is 0 Å². The van der Waals surface area contributed by atoms with E-state index in [2.05, 4.69) is 32.9 Å². The van der Waals surface area contributed by atoms with Gasteiger partial charge in [0.2, 0.25) is 0 Å². The van der Waals surface area contributed by atoms with Gasteiger partial charge in [0.1, 0.15) is 5.65 Å². The summed E-state index contributed by atoms with van der Waals surface area (Å²) in [7, 11) is 0. The van der Waals surface area contributed by atoms with Gasteiger partial charge in [-0.2, -0.15) is 0 Å². The molecule has 25 heavy (non-hydrogen) atoms. The zero-order valence-electron chi connectivity index (χ0n) is 15.0. The van der Waals surface area contributed by atoms with Crippen LogP contribution < -0.4 is 0 Å². The van der Waals surface area contributed by atoms with E-state index in [4.69, 9.17) is 28.2 Å². The molecule has 0 aliphatic carbocycles. The van der Waals surface area contributed by atoms with Crippen LogP contribution in [0.1, 0.15) is 38.4 Å². The Kier molecular flexibility index (Phi) is 4.65. The number of pyridine rings is 1. The third kappa shape index (κ3) is 2.86. The van der Waals surface area contributed by atoms with Gasteiger partial charge in [0, 0.05) is 16.8 Å². The maximum Gasteiger partial charge on any atom is 0.180 e. The van der Waals surface area contributed by atoms with E-state index < -0.39 is 0 Å². The highest BCUT2D eigenvalue weighted by Gasteiger charge is 2.25. The summed E-state index contributed by atoms with van der Waals surface area (Å²) in [5, 5.41) is 1.20. The van der Waals surface area contributed by atoms with Crippen molar-refractivity contribution in [1.29, 1.82) is 0 Å². The van der Waals surface area contributed by atoms with E-state index in [-0.39, 0.29) is 11.7 Å². The van der Waals surface area contributed by atoms with E-state index in [9.17, 15) is 4.79 Å². The Balaban J connectivity index is 2.53. The van der Waals surface area contributed by atoms with Crippen molar-refractivity contribution < 1.29 is 4.79 Å².